The fourth-order valence-electron chi connectivity index (χ4n) is 3.92. The molecule has 0 unspecified atom stereocenters. The molecule has 4 nitrogen and oxygen atoms in total. The minimum Gasteiger partial charge on any atom is -0.387 e. The number of likely N-dealkylation sites (tertiary alicyclic amines) is 1. The number of aromatic nitrogens is 1. The maximum absolute atomic E-state index is 10.8. The molecule has 3 rings (SSSR count). The molecule has 1 aliphatic rings. The van der Waals surface area contributed by atoms with Crippen LogP contribution in [0.3, 0.4) is 0 Å². The molecule has 1 saturated heterocycles. The Morgan fingerprint density at radius 3 is 2.83 bits per heavy atom. The van der Waals surface area contributed by atoms with Crippen molar-refractivity contribution < 1.29 is 5.11 Å². The lowest BCUT2D eigenvalue weighted by Crippen LogP contribution is -2.52. The number of piperidine rings is 1. The van der Waals surface area contributed by atoms with E-state index in [1.807, 2.05) is 14.1 Å². The summed E-state index contributed by atoms with van der Waals surface area (Å²) in [6.07, 6.45) is 4.13. The van der Waals surface area contributed by atoms with Gasteiger partial charge in [-0.1, -0.05) is 12.1 Å². The molecule has 1 aromatic heterocycles. The highest BCUT2D eigenvalue weighted by Gasteiger charge is 2.33. The molecule has 1 N–H and O–H groups in total. The summed E-state index contributed by atoms with van der Waals surface area (Å²) < 4.78 is 2.29. The predicted octanol–water partition coefficient (Wildman–Crippen LogP) is 2.55. The number of aliphatic hydroxyl groups is 1. The van der Waals surface area contributed by atoms with Crippen molar-refractivity contribution in [1.82, 2.24) is 14.4 Å². The molecular weight excluding hydrogens is 286 g/mol. The van der Waals surface area contributed by atoms with Crippen LogP contribution in [0.25, 0.3) is 10.9 Å². The number of fused-ring (bicyclic) bond motifs is 1. The number of nitrogens with zero attached hydrogens (tertiary/aromatic N) is 3. The van der Waals surface area contributed by atoms with Gasteiger partial charge in [-0.15, -0.1) is 0 Å². The van der Waals surface area contributed by atoms with Crippen LogP contribution in [0.15, 0.2) is 30.5 Å². The van der Waals surface area contributed by atoms with Crippen molar-refractivity contribution in [2.75, 3.05) is 33.7 Å². The molecule has 1 aromatic carbocycles. The van der Waals surface area contributed by atoms with Gasteiger partial charge in [-0.05, 0) is 63.5 Å². The highest BCUT2D eigenvalue weighted by molar-refractivity contribution is 5.80. The maximum Gasteiger partial charge on any atom is 0.0900 e. The second-order valence-corrected chi connectivity index (χ2v) is 7.27. The van der Waals surface area contributed by atoms with Crippen molar-refractivity contribution in [3.8, 4) is 0 Å². The summed E-state index contributed by atoms with van der Waals surface area (Å²) in [5, 5.41) is 12.1. The van der Waals surface area contributed by atoms with E-state index < -0.39 is 5.60 Å². The van der Waals surface area contributed by atoms with E-state index in [1.54, 1.807) is 0 Å². The van der Waals surface area contributed by atoms with E-state index in [1.165, 1.54) is 16.5 Å². The van der Waals surface area contributed by atoms with Crippen LogP contribution in [-0.4, -0.2) is 58.8 Å². The van der Waals surface area contributed by atoms with Crippen LogP contribution < -0.4 is 0 Å². The Hall–Kier alpha value is -1.36. The second-order valence-electron chi connectivity index (χ2n) is 7.27. The van der Waals surface area contributed by atoms with Gasteiger partial charge in [0.1, 0.15) is 0 Å². The minimum atomic E-state index is -0.574. The molecule has 4 heteroatoms. The third-order valence-corrected chi connectivity index (χ3v) is 4.83. The first kappa shape index (κ1) is 16.5. The Morgan fingerprint density at radius 1 is 1.26 bits per heavy atom. The molecule has 126 valence electrons. The van der Waals surface area contributed by atoms with Crippen LogP contribution in [0, 0.1) is 0 Å². The zero-order chi connectivity index (χ0) is 16.4. The Kier molecular flexibility index (Phi) is 4.76. The van der Waals surface area contributed by atoms with Crippen LogP contribution in [0.5, 0.6) is 0 Å². The first-order valence-electron chi connectivity index (χ1n) is 8.66. The molecule has 1 aliphatic heterocycles. The molecule has 1 fully saturated rings. The smallest absolute Gasteiger partial charge is 0.0900 e. The quantitative estimate of drug-likeness (QED) is 0.920. The number of β-amino-alcohol motifs (C(OH)–C–C–N with tert-alkyl or cyclic N) is 1. The van der Waals surface area contributed by atoms with Gasteiger partial charge in [0.25, 0.3) is 0 Å². The van der Waals surface area contributed by atoms with Crippen LogP contribution in [0.1, 0.15) is 25.3 Å². The van der Waals surface area contributed by atoms with Gasteiger partial charge in [0.2, 0.25) is 0 Å². The van der Waals surface area contributed by atoms with E-state index in [0.717, 1.165) is 45.6 Å². The molecule has 0 aliphatic carbocycles. The van der Waals surface area contributed by atoms with Gasteiger partial charge in [0, 0.05) is 37.9 Å². The van der Waals surface area contributed by atoms with Crippen LogP contribution in [0.2, 0.25) is 0 Å². The van der Waals surface area contributed by atoms with Gasteiger partial charge < -0.3 is 14.6 Å². The van der Waals surface area contributed by atoms with Crippen molar-refractivity contribution in [2.45, 2.75) is 38.5 Å². The zero-order valence-corrected chi connectivity index (χ0v) is 14.6. The number of rotatable bonds is 5. The number of hydrogen-bond donors (Lipinski definition) is 1. The average molecular weight is 315 g/mol. The van der Waals surface area contributed by atoms with E-state index in [4.69, 9.17) is 0 Å². The molecular formula is C19H29N3O. The average Bonchev–Trinajstić information content (AvgIpc) is 2.88. The van der Waals surface area contributed by atoms with Gasteiger partial charge in [0.05, 0.1) is 5.60 Å². The third kappa shape index (κ3) is 3.77. The van der Waals surface area contributed by atoms with E-state index in [-0.39, 0.29) is 0 Å². The first-order chi connectivity index (χ1) is 11.0. The fraction of sp³-hybridized carbons (Fsp3) is 0.579. The minimum absolute atomic E-state index is 0.574. The fourth-order valence-corrected chi connectivity index (χ4v) is 3.92. The largest absolute Gasteiger partial charge is 0.387 e. The summed E-state index contributed by atoms with van der Waals surface area (Å²) in [5.74, 6) is 0. The normalized spacial score (nSPS) is 23.0. The number of aryl methyl sites for hydroxylation is 1. The molecule has 2 aromatic rings. The van der Waals surface area contributed by atoms with Crippen LogP contribution >= 0.6 is 0 Å². The summed E-state index contributed by atoms with van der Waals surface area (Å²) in [4.78, 5) is 4.48. The second kappa shape index (κ2) is 6.63. The molecule has 0 amide bonds. The maximum atomic E-state index is 10.8. The summed E-state index contributed by atoms with van der Waals surface area (Å²) in [6.45, 7) is 6.67. The lowest BCUT2D eigenvalue weighted by molar-refractivity contribution is -0.0479. The van der Waals surface area contributed by atoms with Gasteiger partial charge in [-0.25, -0.2) is 0 Å². The summed E-state index contributed by atoms with van der Waals surface area (Å²) >= 11 is 0. The molecule has 1 atom stereocenters. The topological polar surface area (TPSA) is 31.6 Å². The highest BCUT2D eigenvalue weighted by atomic mass is 16.3. The van der Waals surface area contributed by atoms with E-state index >= 15 is 0 Å². The van der Waals surface area contributed by atoms with Crippen molar-refractivity contribution in [1.29, 1.82) is 0 Å². The molecule has 23 heavy (non-hydrogen) atoms. The molecule has 0 spiro atoms. The Balaban J connectivity index is 1.73. The lowest BCUT2D eigenvalue weighted by Gasteiger charge is -2.40. The third-order valence-electron chi connectivity index (χ3n) is 4.83. The van der Waals surface area contributed by atoms with Gasteiger partial charge >= 0.3 is 0 Å². The van der Waals surface area contributed by atoms with Gasteiger partial charge in [-0.2, -0.15) is 0 Å². The van der Waals surface area contributed by atoms with E-state index in [0.29, 0.717) is 0 Å². The summed E-state index contributed by atoms with van der Waals surface area (Å²) in [6, 6.07) is 8.92. The summed E-state index contributed by atoms with van der Waals surface area (Å²) in [5.41, 5.74) is 2.07. The first-order valence-corrected chi connectivity index (χ1v) is 8.66. The lowest BCUT2D eigenvalue weighted by atomic mass is 9.92. The van der Waals surface area contributed by atoms with Crippen molar-refractivity contribution in [3.63, 3.8) is 0 Å². The number of likely N-dealkylation sites (N-methyl/N-ethyl adjacent to an activating group) is 1. The molecule has 0 saturated carbocycles. The monoisotopic (exact) mass is 315 g/mol. The molecule has 0 radical (unpaired) electrons. The highest BCUT2D eigenvalue weighted by Crippen LogP contribution is 2.24. The van der Waals surface area contributed by atoms with Crippen molar-refractivity contribution >= 4 is 10.9 Å². The standard InChI is InChI=1S/C19H29N3O/c1-4-22-11-8-17-7-6-16(12-18(17)22)13-21-10-5-9-19(23,15-21)14-20(2)3/h6-8,11-12,23H,4-5,9-10,13-15H2,1-3H3/t19-/m0/s1. The Morgan fingerprint density at radius 2 is 2.09 bits per heavy atom. The zero-order valence-electron chi connectivity index (χ0n) is 14.6. The van der Waals surface area contributed by atoms with Crippen LogP contribution in [-0.2, 0) is 13.1 Å². The van der Waals surface area contributed by atoms with Crippen molar-refractivity contribution in [3.05, 3.63) is 36.0 Å². The van der Waals surface area contributed by atoms with Gasteiger partial charge in [0.15, 0.2) is 0 Å². The van der Waals surface area contributed by atoms with E-state index in [9.17, 15) is 5.11 Å². The van der Waals surface area contributed by atoms with E-state index in [2.05, 4.69) is 51.8 Å². The SMILES string of the molecule is CCn1ccc2ccc(CN3CCC[C@](O)(CN(C)C)C3)cc21. The Labute approximate surface area is 139 Å². The Bertz CT molecular complexity index is 664. The molecule has 0 bridgehead atoms. The number of benzene rings is 1. The van der Waals surface area contributed by atoms with Crippen LogP contribution in [0.4, 0.5) is 0 Å². The number of hydrogen-bond acceptors (Lipinski definition) is 3. The molecule has 2 heterocycles. The summed E-state index contributed by atoms with van der Waals surface area (Å²) in [7, 11) is 4.06. The van der Waals surface area contributed by atoms with Crippen molar-refractivity contribution in [2.24, 2.45) is 0 Å². The van der Waals surface area contributed by atoms with Gasteiger partial charge in [-0.3, -0.25) is 4.90 Å². The predicted molar refractivity (Wildman–Crippen MR) is 95.6 cm³/mol.